The molecule has 3 rings (SSSR count). The minimum Gasteiger partial charge on any atom is -0.422 e. The highest BCUT2D eigenvalue weighted by atomic mass is 19.1. The lowest BCUT2D eigenvalue weighted by atomic mass is 10.1. The Bertz CT molecular complexity index is 707. The Morgan fingerprint density at radius 2 is 1.84 bits per heavy atom. The van der Waals surface area contributed by atoms with Crippen LogP contribution in [0.3, 0.4) is 0 Å². The number of ether oxygens (including phenoxy) is 1. The number of cyclic esters (lactones) is 1. The van der Waals surface area contributed by atoms with Gasteiger partial charge in [-0.05, 0) is 29.8 Å². The molecule has 1 aliphatic heterocycles. The lowest BCUT2D eigenvalue weighted by Crippen LogP contribution is -1.92. The van der Waals surface area contributed by atoms with Gasteiger partial charge in [0.05, 0.1) is 11.3 Å². The van der Waals surface area contributed by atoms with Crippen LogP contribution in [-0.2, 0) is 4.74 Å². The third-order valence-electron chi connectivity index (χ3n) is 2.93. The van der Waals surface area contributed by atoms with E-state index in [4.69, 9.17) is 10.5 Å². The number of hydrogen-bond donors (Lipinski definition) is 1. The van der Waals surface area contributed by atoms with Gasteiger partial charge < -0.3 is 10.5 Å². The second-order valence-corrected chi connectivity index (χ2v) is 4.22. The Hall–Kier alpha value is -2.62. The molecule has 0 aliphatic carbocycles. The van der Waals surface area contributed by atoms with Gasteiger partial charge in [0.15, 0.2) is 0 Å². The third kappa shape index (κ3) is 1.97. The molecule has 0 bridgehead atoms. The maximum absolute atomic E-state index is 13.1. The van der Waals surface area contributed by atoms with Crippen LogP contribution in [0.1, 0.15) is 21.5 Å². The van der Waals surface area contributed by atoms with Gasteiger partial charge in [-0.1, -0.05) is 24.3 Å². The molecule has 2 aromatic carbocycles. The monoisotopic (exact) mass is 255 g/mol. The Balaban J connectivity index is 2.06. The van der Waals surface area contributed by atoms with E-state index in [0.717, 1.165) is 5.56 Å². The van der Waals surface area contributed by atoms with Gasteiger partial charge in [-0.15, -0.1) is 0 Å². The lowest BCUT2D eigenvalue weighted by molar-refractivity contribution is 0.0717. The van der Waals surface area contributed by atoms with E-state index in [0.29, 0.717) is 16.9 Å². The molecule has 0 amide bonds. The third-order valence-corrected chi connectivity index (χ3v) is 2.93. The van der Waals surface area contributed by atoms with E-state index < -0.39 is 5.82 Å². The minimum atomic E-state index is -0.467. The summed E-state index contributed by atoms with van der Waals surface area (Å²) >= 11 is 0. The normalized spacial score (nSPS) is 15.4. The van der Waals surface area contributed by atoms with Gasteiger partial charge in [-0.25, -0.2) is 9.18 Å². The molecule has 0 radical (unpaired) electrons. The summed E-state index contributed by atoms with van der Waals surface area (Å²) in [7, 11) is 0. The van der Waals surface area contributed by atoms with E-state index in [-0.39, 0.29) is 11.7 Å². The molecule has 0 spiro atoms. The fourth-order valence-electron chi connectivity index (χ4n) is 2.00. The number of rotatable bonds is 1. The molecule has 0 saturated heterocycles. The number of hydrogen-bond acceptors (Lipinski definition) is 3. The van der Waals surface area contributed by atoms with Gasteiger partial charge in [0.1, 0.15) is 11.6 Å². The first-order chi connectivity index (χ1) is 9.15. The summed E-state index contributed by atoms with van der Waals surface area (Å²) in [6.45, 7) is 0. The zero-order valence-electron chi connectivity index (χ0n) is 9.89. The van der Waals surface area contributed by atoms with Gasteiger partial charge in [-0.2, -0.15) is 0 Å². The number of fused-ring (bicyclic) bond motifs is 1. The molecule has 0 aromatic heterocycles. The molecule has 1 heterocycles. The van der Waals surface area contributed by atoms with Crippen LogP contribution in [0, 0.1) is 5.82 Å². The van der Waals surface area contributed by atoms with Crippen molar-refractivity contribution in [1.82, 2.24) is 0 Å². The van der Waals surface area contributed by atoms with Crippen molar-refractivity contribution in [3.63, 3.8) is 0 Å². The van der Waals surface area contributed by atoms with Crippen LogP contribution in [-0.4, -0.2) is 5.97 Å². The van der Waals surface area contributed by atoms with Crippen LogP contribution in [0.4, 0.5) is 10.1 Å². The summed E-state index contributed by atoms with van der Waals surface area (Å²) in [4.78, 5) is 11.6. The zero-order valence-corrected chi connectivity index (χ0v) is 9.89. The van der Waals surface area contributed by atoms with E-state index in [2.05, 4.69) is 0 Å². The molecular weight excluding hydrogens is 245 g/mol. The Labute approximate surface area is 109 Å². The minimum absolute atomic E-state index is 0.0620. The second-order valence-electron chi connectivity index (χ2n) is 4.22. The number of anilines is 1. The van der Waals surface area contributed by atoms with E-state index in [9.17, 15) is 9.18 Å². The van der Waals surface area contributed by atoms with Crippen molar-refractivity contribution in [2.75, 3.05) is 5.73 Å². The molecule has 0 unspecified atom stereocenters. The van der Waals surface area contributed by atoms with Crippen molar-refractivity contribution in [2.45, 2.75) is 0 Å². The van der Waals surface area contributed by atoms with Crippen molar-refractivity contribution in [1.29, 1.82) is 0 Å². The van der Waals surface area contributed by atoms with Gasteiger partial charge in [0.25, 0.3) is 0 Å². The van der Waals surface area contributed by atoms with Crippen molar-refractivity contribution in [3.8, 4) is 0 Å². The molecule has 0 atom stereocenters. The lowest BCUT2D eigenvalue weighted by Gasteiger charge is -2.01. The van der Waals surface area contributed by atoms with E-state index in [1.165, 1.54) is 12.1 Å². The fraction of sp³-hybridized carbons (Fsp3) is 0. The summed E-state index contributed by atoms with van der Waals surface area (Å²) in [6, 6.07) is 11.5. The Morgan fingerprint density at radius 3 is 2.58 bits per heavy atom. The van der Waals surface area contributed by atoms with Crippen molar-refractivity contribution in [2.24, 2.45) is 0 Å². The standard InChI is InChI=1S/C15H10FNO2/c16-12-6-5-9(7-13(12)17)8-14-10-3-1-2-4-11(10)15(18)19-14/h1-8H,17H2/b14-8+. The Kier molecular flexibility index (Phi) is 2.56. The van der Waals surface area contributed by atoms with Crippen LogP contribution in [0.15, 0.2) is 42.5 Å². The molecular formula is C15H10FNO2. The predicted octanol–water partition coefficient (Wildman–Crippen LogP) is 3.08. The zero-order chi connectivity index (χ0) is 13.4. The molecule has 0 fully saturated rings. The number of halogens is 1. The first-order valence-electron chi connectivity index (χ1n) is 5.73. The second kappa shape index (κ2) is 4.24. The van der Waals surface area contributed by atoms with Gasteiger partial charge in [-0.3, -0.25) is 0 Å². The highest BCUT2D eigenvalue weighted by Crippen LogP contribution is 2.31. The highest BCUT2D eigenvalue weighted by Gasteiger charge is 2.25. The molecule has 19 heavy (non-hydrogen) atoms. The molecule has 94 valence electrons. The number of carbonyl (C=O) groups excluding carboxylic acids is 1. The summed E-state index contributed by atoms with van der Waals surface area (Å²) in [5, 5.41) is 0. The molecule has 2 aromatic rings. The fourth-order valence-corrected chi connectivity index (χ4v) is 2.00. The summed E-state index contributed by atoms with van der Waals surface area (Å²) in [6.07, 6.45) is 1.67. The average Bonchev–Trinajstić information content (AvgIpc) is 2.72. The SMILES string of the molecule is Nc1cc(/C=C2/OC(=O)c3ccccc32)ccc1F. The maximum atomic E-state index is 13.1. The van der Waals surface area contributed by atoms with Crippen LogP contribution in [0.2, 0.25) is 0 Å². The van der Waals surface area contributed by atoms with Crippen molar-refractivity contribution in [3.05, 3.63) is 65.0 Å². The summed E-state index contributed by atoms with van der Waals surface area (Å²) in [5.41, 5.74) is 7.51. The first-order valence-corrected chi connectivity index (χ1v) is 5.73. The number of carbonyl (C=O) groups is 1. The smallest absolute Gasteiger partial charge is 0.344 e. The Morgan fingerprint density at radius 1 is 1.11 bits per heavy atom. The van der Waals surface area contributed by atoms with Crippen molar-refractivity contribution < 1.29 is 13.9 Å². The number of esters is 1. The molecule has 3 nitrogen and oxygen atoms in total. The highest BCUT2D eigenvalue weighted by molar-refractivity contribution is 6.05. The number of nitrogen functional groups attached to an aromatic ring is 1. The van der Waals surface area contributed by atoms with E-state index >= 15 is 0 Å². The van der Waals surface area contributed by atoms with Gasteiger partial charge in [0.2, 0.25) is 0 Å². The van der Waals surface area contributed by atoms with E-state index in [1.807, 2.05) is 6.07 Å². The predicted molar refractivity (Wildman–Crippen MR) is 70.5 cm³/mol. The maximum Gasteiger partial charge on any atom is 0.344 e. The first kappa shape index (κ1) is 11.5. The molecule has 1 aliphatic rings. The van der Waals surface area contributed by atoms with Gasteiger partial charge >= 0.3 is 5.97 Å². The van der Waals surface area contributed by atoms with Gasteiger partial charge in [0, 0.05) is 5.56 Å². The number of nitrogens with two attached hydrogens (primary N) is 1. The average molecular weight is 255 g/mol. The van der Waals surface area contributed by atoms with Crippen LogP contribution >= 0.6 is 0 Å². The van der Waals surface area contributed by atoms with Crippen LogP contribution in [0.5, 0.6) is 0 Å². The number of benzene rings is 2. The quantitative estimate of drug-likeness (QED) is 0.629. The molecule has 0 saturated carbocycles. The topological polar surface area (TPSA) is 52.3 Å². The summed E-state index contributed by atoms with van der Waals surface area (Å²) < 4.78 is 18.3. The molecule has 4 heteroatoms. The van der Waals surface area contributed by atoms with Crippen LogP contribution in [0.25, 0.3) is 11.8 Å². The molecule has 2 N–H and O–H groups in total. The van der Waals surface area contributed by atoms with E-state index in [1.54, 1.807) is 30.3 Å². The largest absolute Gasteiger partial charge is 0.422 e. The summed E-state index contributed by atoms with van der Waals surface area (Å²) in [5.74, 6) is -0.394. The van der Waals surface area contributed by atoms with Crippen LogP contribution < -0.4 is 5.73 Å². The van der Waals surface area contributed by atoms with Crippen molar-refractivity contribution >= 4 is 23.5 Å².